The Hall–Kier alpha value is -0.450. The molecule has 0 radical (unpaired) electrons. The highest BCUT2D eigenvalue weighted by molar-refractivity contribution is 5.87. The van der Waals surface area contributed by atoms with Gasteiger partial charge in [-0.25, -0.2) is 0 Å². The average molecular weight is 252 g/mol. The number of rotatable bonds is 0. The maximum absolute atomic E-state index is 12.6. The molecule has 1 N–H and O–H groups in total. The summed E-state index contributed by atoms with van der Waals surface area (Å²) in [6.45, 7) is 4.57. The standard InChI is InChI=1S/C14H20O4/c1-12-6-10-17-7-14(12)4-3-13(2,16)8(5-9(12)15)11(14)18-10/h8,10-11,16H,3-7H2,1-2H3/t8?,10-,11-,12+,13+,14-/m1/s1. The van der Waals surface area contributed by atoms with E-state index in [1.807, 2.05) is 6.92 Å². The Morgan fingerprint density at radius 3 is 2.89 bits per heavy atom. The molecular formula is C14H20O4. The van der Waals surface area contributed by atoms with E-state index >= 15 is 0 Å². The Morgan fingerprint density at radius 1 is 1.33 bits per heavy atom. The molecule has 1 spiro atoms. The lowest BCUT2D eigenvalue weighted by atomic mass is 9.43. The number of Topliss-reactive ketones (excluding diaryl/α,β-unsaturated/α-hetero) is 1. The number of hydrogen-bond acceptors (Lipinski definition) is 4. The molecule has 0 aromatic carbocycles. The lowest BCUT2D eigenvalue weighted by Gasteiger charge is -2.69. The van der Waals surface area contributed by atoms with E-state index in [-0.39, 0.29) is 29.1 Å². The molecule has 3 saturated heterocycles. The van der Waals surface area contributed by atoms with Crippen molar-refractivity contribution >= 4 is 5.78 Å². The van der Waals surface area contributed by atoms with Gasteiger partial charge in [-0.1, -0.05) is 6.92 Å². The van der Waals surface area contributed by atoms with Crippen LogP contribution in [0, 0.1) is 16.7 Å². The van der Waals surface area contributed by atoms with Gasteiger partial charge < -0.3 is 14.6 Å². The van der Waals surface area contributed by atoms with E-state index in [9.17, 15) is 9.90 Å². The first kappa shape index (κ1) is 11.4. The second-order valence-electron chi connectivity index (χ2n) is 7.08. The molecule has 0 amide bonds. The number of fused-ring (bicyclic) bond motifs is 1. The van der Waals surface area contributed by atoms with Crippen LogP contribution in [-0.4, -0.2) is 35.5 Å². The van der Waals surface area contributed by atoms with Gasteiger partial charge in [-0.05, 0) is 19.8 Å². The van der Waals surface area contributed by atoms with E-state index in [4.69, 9.17) is 9.47 Å². The van der Waals surface area contributed by atoms with E-state index in [0.717, 1.165) is 12.8 Å². The third-order valence-corrected chi connectivity index (χ3v) is 6.31. The molecule has 2 aliphatic carbocycles. The van der Waals surface area contributed by atoms with Crippen molar-refractivity contribution < 1.29 is 19.4 Å². The third-order valence-electron chi connectivity index (χ3n) is 6.31. The van der Waals surface area contributed by atoms with Crippen molar-refractivity contribution in [2.75, 3.05) is 6.61 Å². The number of ketones is 1. The molecule has 4 heteroatoms. The van der Waals surface area contributed by atoms with Gasteiger partial charge in [-0.2, -0.15) is 0 Å². The fourth-order valence-electron chi connectivity index (χ4n) is 4.88. The summed E-state index contributed by atoms with van der Waals surface area (Å²) in [7, 11) is 0. The molecule has 1 unspecified atom stereocenters. The van der Waals surface area contributed by atoms with Crippen molar-refractivity contribution in [1.29, 1.82) is 0 Å². The van der Waals surface area contributed by atoms with Gasteiger partial charge >= 0.3 is 0 Å². The average Bonchev–Trinajstić information content (AvgIpc) is 2.31. The second kappa shape index (κ2) is 3.00. The molecule has 5 fully saturated rings. The van der Waals surface area contributed by atoms with Gasteiger partial charge in [0.05, 0.1) is 18.3 Å². The molecule has 5 aliphatic rings. The van der Waals surface area contributed by atoms with Gasteiger partial charge in [-0.15, -0.1) is 0 Å². The van der Waals surface area contributed by atoms with Crippen molar-refractivity contribution in [2.24, 2.45) is 16.7 Å². The Labute approximate surface area is 107 Å². The van der Waals surface area contributed by atoms with Crippen molar-refractivity contribution in [3.8, 4) is 0 Å². The maximum Gasteiger partial charge on any atom is 0.158 e. The predicted octanol–water partition coefficient (Wildman–Crippen LogP) is 1.26. The lowest BCUT2D eigenvalue weighted by Crippen LogP contribution is -2.75. The molecule has 4 nitrogen and oxygen atoms in total. The number of ether oxygens (including phenoxy) is 2. The molecule has 100 valence electrons. The van der Waals surface area contributed by atoms with E-state index < -0.39 is 5.60 Å². The van der Waals surface area contributed by atoms with Crippen molar-refractivity contribution in [3.05, 3.63) is 0 Å². The molecule has 0 aromatic rings. The zero-order chi connectivity index (χ0) is 12.8. The summed E-state index contributed by atoms with van der Waals surface area (Å²) in [4.78, 5) is 12.6. The fraction of sp³-hybridized carbons (Fsp3) is 0.929. The molecule has 5 rings (SSSR count). The van der Waals surface area contributed by atoms with Crippen molar-refractivity contribution in [3.63, 3.8) is 0 Å². The number of aliphatic hydroxyl groups is 1. The Kier molecular flexibility index (Phi) is 1.89. The SMILES string of the molecule is C[C@]1(O)CC[C@]23CO[C@H]4C[C@@]2(C)C(=O)CC1[C@H]3O4. The summed E-state index contributed by atoms with van der Waals surface area (Å²) >= 11 is 0. The van der Waals surface area contributed by atoms with Crippen LogP contribution < -0.4 is 0 Å². The minimum Gasteiger partial charge on any atom is -0.390 e. The van der Waals surface area contributed by atoms with Crippen LogP contribution in [0.5, 0.6) is 0 Å². The molecule has 5 bridgehead atoms. The first-order chi connectivity index (χ1) is 8.39. The number of carbonyl (C=O) groups excluding carboxylic acids is 1. The zero-order valence-electron chi connectivity index (χ0n) is 10.9. The molecular weight excluding hydrogens is 232 g/mol. The van der Waals surface area contributed by atoms with Crippen LogP contribution in [0.4, 0.5) is 0 Å². The van der Waals surface area contributed by atoms with Gasteiger partial charge in [0.1, 0.15) is 5.78 Å². The molecule has 6 atom stereocenters. The van der Waals surface area contributed by atoms with Crippen LogP contribution in [-0.2, 0) is 14.3 Å². The van der Waals surface area contributed by atoms with Gasteiger partial charge in [0.15, 0.2) is 6.29 Å². The summed E-state index contributed by atoms with van der Waals surface area (Å²) in [6, 6.07) is 0. The van der Waals surface area contributed by atoms with Crippen LogP contribution in [0.3, 0.4) is 0 Å². The van der Waals surface area contributed by atoms with Crippen LogP contribution >= 0.6 is 0 Å². The number of carbonyl (C=O) groups is 1. The van der Waals surface area contributed by atoms with E-state index in [0.29, 0.717) is 25.2 Å². The van der Waals surface area contributed by atoms with Gasteiger partial charge in [-0.3, -0.25) is 4.79 Å². The summed E-state index contributed by atoms with van der Waals surface area (Å²) in [5.41, 5.74) is -1.26. The summed E-state index contributed by atoms with van der Waals surface area (Å²) in [5, 5.41) is 10.6. The molecule has 3 aliphatic heterocycles. The zero-order valence-corrected chi connectivity index (χ0v) is 10.9. The Balaban J connectivity index is 1.89. The van der Waals surface area contributed by atoms with Gasteiger partial charge in [0, 0.05) is 29.6 Å². The minimum absolute atomic E-state index is 0.00329. The quantitative estimate of drug-likeness (QED) is 0.705. The largest absolute Gasteiger partial charge is 0.390 e. The minimum atomic E-state index is -0.773. The first-order valence-electron chi connectivity index (χ1n) is 6.92. The summed E-state index contributed by atoms with van der Waals surface area (Å²) in [5.74, 6) is 0.249. The van der Waals surface area contributed by atoms with Crippen molar-refractivity contribution in [2.45, 2.75) is 57.5 Å². The van der Waals surface area contributed by atoms with E-state index in [1.165, 1.54) is 0 Å². The first-order valence-corrected chi connectivity index (χ1v) is 6.92. The Morgan fingerprint density at radius 2 is 2.11 bits per heavy atom. The highest BCUT2D eigenvalue weighted by Gasteiger charge is 2.72. The Bertz CT molecular complexity index is 432. The van der Waals surface area contributed by atoms with E-state index in [1.54, 1.807) is 0 Å². The summed E-state index contributed by atoms with van der Waals surface area (Å²) in [6.07, 6.45) is 2.48. The van der Waals surface area contributed by atoms with Gasteiger partial charge in [0.2, 0.25) is 0 Å². The molecule has 3 heterocycles. The maximum atomic E-state index is 12.6. The van der Waals surface area contributed by atoms with Crippen molar-refractivity contribution in [1.82, 2.24) is 0 Å². The summed E-state index contributed by atoms with van der Waals surface area (Å²) < 4.78 is 11.7. The van der Waals surface area contributed by atoms with Gasteiger partial charge in [0.25, 0.3) is 0 Å². The van der Waals surface area contributed by atoms with Crippen LogP contribution in [0.1, 0.15) is 39.5 Å². The molecule has 18 heavy (non-hydrogen) atoms. The second-order valence-corrected chi connectivity index (χ2v) is 7.08. The number of hydrogen-bond donors (Lipinski definition) is 1. The third kappa shape index (κ3) is 1.03. The topological polar surface area (TPSA) is 55.8 Å². The smallest absolute Gasteiger partial charge is 0.158 e. The normalized spacial score (nSPS) is 61.9. The van der Waals surface area contributed by atoms with Crippen LogP contribution in [0.2, 0.25) is 0 Å². The highest BCUT2D eigenvalue weighted by Crippen LogP contribution is 2.67. The molecule has 2 saturated carbocycles. The molecule has 0 aromatic heterocycles. The van der Waals surface area contributed by atoms with Crippen LogP contribution in [0.25, 0.3) is 0 Å². The highest BCUT2D eigenvalue weighted by atomic mass is 16.7. The van der Waals surface area contributed by atoms with Crippen LogP contribution in [0.15, 0.2) is 0 Å². The predicted molar refractivity (Wildman–Crippen MR) is 62.7 cm³/mol. The van der Waals surface area contributed by atoms with E-state index in [2.05, 4.69) is 6.92 Å². The monoisotopic (exact) mass is 252 g/mol. The fourth-order valence-corrected chi connectivity index (χ4v) is 4.88. The lowest BCUT2D eigenvalue weighted by molar-refractivity contribution is -0.381.